The van der Waals surface area contributed by atoms with Crippen molar-refractivity contribution in [1.29, 1.82) is 0 Å². The third-order valence-electron chi connectivity index (χ3n) is 5.77. The molecule has 3 saturated heterocycles. The molecule has 0 bridgehead atoms. The molecule has 6 heteroatoms. The van der Waals surface area contributed by atoms with Crippen molar-refractivity contribution in [2.75, 3.05) is 26.3 Å². The first kappa shape index (κ1) is 19.6. The molecular formula is C20H34N2O4. The maximum absolute atomic E-state index is 12.9. The van der Waals surface area contributed by atoms with E-state index < -0.39 is 0 Å². The van der Waals surface area contributed by atoms with Gasteiger partial charge in [0.15, 0.2) is 0 Å². The van der Waals surface area contributed by atoms with E-state index in [0.717, 1.165) is 58.2 Å². The van der Waals surface area contributed by atoms with Gasteiger partial charge in [0.05, 0.1) is 18.8 Å². The van der Waals surface area contributed by atoms with E-state index in [1.807, 2.05) is 4.90 Å². The third kappa shape index (κ3) is 5.43. The van der Waals surface area contributed by atoms with Crippen LogP contribution in [0.5, 0.6) is 0 Å². The van der Waals surface area contributed by atoms with Crippen molar-refractivity contribution in [3.8, 4) is 0 Å². The molecule has 0 unspecified atom stereocenters. The number of hydrogen-bond acceptors (Lipinski definition) is 4. The fraction of sp³-hybridized carbons (Fsp3) is 0.900. The van der Waals surface area contributed by atoms with Crippen LogP contribution < -0.4 is 5.32 Å². The van der Waals surface area contributed by atoms with Crippen molar-refractivity contribution in [3.63, 3.8) is 0 Å². The van der Waals surface area contributed by atoms with Gasteiger partial charge in [0.2, 0.25) is 11.8 Å². The Morgan fingerprint density at radius 3 is 2.73 bits per heavy atom. The van der Waals surface area contributed by atoms with Crippen LogP contribution in [0.3, 0.4) is 0 Å². The predicted octanol–water partition coefficient (Wildman–Crippen LogP) is 2.11. The van der Waals surface area contributed by atoms with E-state index in [-0.39, 0.29) is 36.0 Å². The average Bonchev–Trinajstić information content (AvgIpc) is 3.12. The van der Waals surface area contributed by atoms with Crippen LogP contribution in [0, 0.1) is 11.8 Å². The molecule has 0 radical (unpaired) electrons. The number of rotatable bonds is 6. The highest BCUT2D eigenvalue weighted by Crippen LogP contribution is 2.25. The summed E-state index contributed by atoms with van der Waals surface area (Å²) in [5.74, 6) is 0.545. The molecule has 0 aromatic rings. The monoisotopic (exact) mass is 366 g/mol. The minimum atomic E-state index is -0.156. The molecule has 3 aliphatic heterocycles. The van der Waals surface area contributed by atoms with Crippen molar-refractivity contribution in [3.05, 3.63) is 0 Å². The Bertz CT molecular complexity index is 482. The minimum absolute atomic E-state index is 0.0232. The normalized spacial score (nSPS) is 30.7. The zero-order chi connectivity index (χ0) is 18.5. The fourth-order valence-corrected chi connectivity index (χ4v) is 4.43. The summed E-state index contributed by atoms with van der Waals surface area (Å²) < 4.78 is 11.6. The molecule has 2 amide bonds. The summed E-state index contributed by atoms with van der Waals surface area (Å²) in [5.41, 5.74) is 0. The van der Waals surface area contributed by atoms with E-state index in [1.54, 1.807) is 0 Å². The SMILES string of the molecule is CC(C)C[C@@H]1C[C@@H](C(=O)N2CCC(OC[C@@H]3CCCO3)CC2)CC(=O)N1. The third-order valence-corrected chi connectivity index (χ3v) is 5.77. The van der Waals surface area contributed by atoms with Gasteiger partial charge in [-0.3, -0.25) is 9.59 Å². The lowest BCUT2D eigenvalue weighted by molar-refractivity contribution is -0.143. The number of amides is 2. The van der Waals surface area contributed by atoms with Crippen LogP contribution in [-0.2, 0) is 19.1 Å². The predicted molar refractivity (Wildman–Crippen MR) is 98.6 cm³/mol. The van der Waals surface area contributed by atoms with Gasteiger partial charge in [-0.15, -0.1) is 0 Å². The summed E-state index contributed by atoms with van der Waals surface area (Å²) in [7, 11) is 0. The Morgan fingerprint density at radius 2 is 2.08 bits per heavy atom. The molecule has 3 aliphatic rings. The van der Waals surface area contributed by atoms with Gasteiger partial charge in [-0.2, -0.15) is 0 Å². The van der Waals surface area contributed by atoms with Gasteiger partial charge < -0.3 is 19.7 Å². The van der Waals surface area contributed by atoms with E-state index in [2.05, 4.69) is 19.2 Å². The van der Waals surface area contributed by atoms with E-state index >= 15 is 0 Å². The van der Waals surface area contributed by atoms with Crippen LogP contribution in [-0.4, -0.2) is 61.3 Å². The number of carbonyl (C=O) groups excluding carboxylic acids is 2. The van der Waals surface area contributed by atoms with Crippen LogP contribution in [0.2, 0.25) is 0 Å². The van der Waals surface area contributed by atoms with E-state index in [0.29, 0.717) is 18.9 Å². The molecule has 1 N–H and O–H groups in total. The van der Waals surface area contributed by atoms with Crippen LogP contribution in [0.25, 0.3) is 0 Å². The number of nitrogens with zero attached hydrogens (tertiary/aromatic N) is 1. The van der Waals surface area contributed by atoms with Crippen molar-refractivity contribution in [2.45, 2.75) is 77.0 Å². The molecule has 3 atom stereocenters. The number of piperidine rings is 2. The zero-order valence-electron chi connectivity index (χ0n) is 16.2. The highest BCUT2D eigenvalue weighted by Gasteiger charge is 2.35. The lowest BCUT2D eigenvalue weighted by Crippen LogP contribution is -2.50. The second-order valence-corrected chi connectivity index (χ2v) is 8.52. The number of hydrogen-bond donors (Lipinski definition) is 1. The Morgan fingerprint density at radius 1 is 1.31 bits per heavy atom. The minimum Gasteiger partial charge on any atom is -0.376 e. The molecule has 0 aliphatic carbocycles. The molecule has 0 aromatic carbocycles. The number of nitrogens with one attached hydrogen (secondary N) is 1. The number of ether oxygens (including phenoxy) is 2. The Kier molecular flexibility index (Phi) is 6.92. The lowest BCUT2D eigenvalue weighted by atomic mass is 9.86. The first-order valence-electron chi connectivity index (χ1n) is 10.3. The topological polar surface area (TPSA) is 67.9 Å². The van der Waals surface area contributed by atoms with E-state index in [1.165, 1.54) is 0 Å². The fourth-order valence-electron chi connectivity index (χ4n) is 4.43. The van der Waals surface area contributed by atoms with Gasteiger partial charge in [0.25, 0.3) is 0 Å². The standard InChI is InChI=1S/C20H34N2O4/c1-14(2)10-16-11-15(12-19(23)21-16)20(24)22-7-5-17(6-8-22)26-13-18-4-3-9-25-18/h14-18H,3-13H2,1-2H3,(H,21,23)/t15-,16-,18+/m1/s1. The maximum atomic E-state index is 12.9. The quantitative estimate of drug-likeness (QED) is 0.782. The Balaban J connectivity index is 1.42. The van der Waals surface area contributed by atoms with Gasteiger partial charge >= 0.3 is 0 Å². The van der Waals surface area contributed by atoms with Crippen LogP contribution >= 0.6 is 0 Å². The van der Waals surface area contributed by atoms with Gasteiger partial charge in [0.1, 0.15) is 0 Å². The molecule has 3 fully saturated rings. The van der Waals surface area contributed by atoms with Crippen molar-refractivity contribution >= 4 is 11.8 Å². The summed E-state index contributed by atoms with van der Waals surface area (Å²) in [6, 6.07) is 0.137. The Hall–Kier alpha value is -1.14. The zero-order valence-corrected chi connectivity index (χ0v) is 16.2. The highest BCUT2D eigenvalue weighted by molar-refractivity contribution is 5.87. The second kappa shape index (κ2) is 9.18. The molecule has 6 nitrogen and oxygen atoms in total. The van der Waals surface area contributed by atoms with E-state index in [4.69, 9.17) is 9.47 Å². The summed E-state index contributed by atoms with van der Waals surface area (Å²) in [6.45, 7) is 7.31. The van der Waals surface area contributed by atoms with Gasteiger partial charge in [-0.1, -0.05) is 13.8 Å². The van der Waals surface area contributed by atoms with Crippen molar-refractivity contribution in [2.24, 2.45) is 11.8 Å². The summed E-state index contributed by atoms with van der Waals surface area (Å²) >= 11 is 0. The Labute approximate surface area is 157 Å². The smallest absolute Gasteiger partial charge is 0.226 e. The average molecular weight is 367 g/mol. The first-order chi connectivity index (χ1) is 12.5. The molecule has 3 heterocycles. The van der Waals surface area contributed by atoms with Crippen LogP contribution in [0.4, 0.5) is 0 Å². The summed E-state index contributed by atoms with van der Waals surface area (Å²) in [5, 5.41) is 3.04. The first-order valence-corrected chi connectivity index (χ1v) is 10.3. The molecule has 0 saturated carbocycles. The van der Waals surface area contributed by atoms with Gasteiger partial charge in [-0.25, -0.2) is 0 Å². The number of likely N-dealkylation sites (tertiary alicyclic amines) is 1. The molecular weight excluding hydrogens is 332 g/mol. The molecule has 0 spiro atoms. The molecule has 0 aromatic heterocycles. The second-order valence-electron chi connectivity index (χ2n) is 8.52. The van der Waals surface area contributed by atoms with Crippen LogP contribution in [0.15, 0.2) is 0 Å². The highest BCUT2D eigenvalue weighted by atomic mass is 16.5. The van der Waals surface area contributed by atoms with Crippen molar-refractivity contribution < 1.29 is 19.1 Å². The lowest BCUT2D eigenvalue weighted by Gasteiger charge is -2.37. The maximum Gasteiger partial charge on any atom is 0.226 e. The van der Waals surface area contributed by atoms with Crippen LogP contribution in [0.1, 0.15) is 58.8 Å². The van der Waals surface area contributed by atoms with Gasteiger partial charge in [-0.05, 0) is 44.4 Å². The molecule has 3 rings (SSSR count). The molecule has 148 valence electrons. The van der Waals surface area contributed by atoms with Crippen molar-refractivity contribution in [1.82, 2.24) is 10.2 Å². The van der Waals surface area contributed by atoms with E-state index in [9.17, 15) is 9.59 Å². The summed E-state index contributed by atoms with van der Waals surface area (Å²) in [4.78, 5) is 26.8. The number of carbonyl (C=O) groups is 2. The van der Waals surface area contributed by atoms with Gasteiger partial charge in [0, 0.05) is 38.1 Å². The largest absolute Gasteiger partial charge is 0.376 e. The molecule has 26 heavy (non-hydrogen) atoms. The summed E-state index contributed by atoms with van der Waals surface area (Å²) in [6.07, 6.45) is 6.53.